The van der Waals surface area contributed by atoms with Crippen LogP contribution >= 0.6 is 0 Å². The summed E-state index contributed by atoms with van der Waals surface area (Å²) in [4.78, 5) is 11.3. The Morgan fingerprint density at radius 1 is 1.10 bits per heavy atom. The second-order valence-electron chi connectivity index (χ2n) is 4.57. The molecule has 0 saturated carbocycles. The molecule has 0 amide bonds. The van der Waals surface area contributed by atoms with Crippen LogP contribution < -0.4 is 5.32 Å². The van der Waals surface area contributed by atoms with Gasteiger partial charge in [-0.05, 0) is 42.7 Å². The fraction of sp³-hybridized carbons (Fsp3) is 0.188. The lowest BCUT2D eigenvalue weighted by atomic mass is 10.1. The molecule has 0 aliphatic carbocycles. The van der Waals surface area contributed by atoms with E-state index in [0.717, 1.165) is 5.56 Å². The molecule has 0 heterocycles. The summed E-state index contributed by atoms with van der Waals surface area (Å²) in [6.07, 6.45) is 1.14. The van der Waals surface area contributed by atoms with Crippen molar-refractivity contribution in [2.45, 2.75) is 18.9 Å². The number of carboxylic acids is 1. The van der Waals surface area contributed by atoms with Crippen molar-refractivity contribution < 1.29 is 14.3 Å². The van der Waals surface area contributed by atoms with Crippen molar-refractivity contribution >= 4 is 11.7 Å². The molecule has 4 heteroatoms. The Labute approximate surface area is 117 Å². The lowest BCUT2D eigenvalue weighted by Crippen LogP contribution is -2.29. The summed E-state index contributed by atoms with van der Waals surface area (Å²) in [6, 6.07) is 14.7. The molecule has 3 nitrogen and oxygen atoms in total. The van der Waals surface area contributed by atoms with Gasteiger partial charge in [0.25, 0.3) is 0 Å². The molecule has 2 aromatic carbocycles. The van der Waals surface area contributed by atoms with E-state index in [2.05, 4.69) is 5.32 Å². The standard InChI is InChI=1S/C16H16FNO2/c17-13-7-9-14(10-8-13)18-15(16(19)20)11-6-12-4-2-1-3-5-12/h1-5,7-10,15,18H,6,11H2,(H,19,20). The number of aliphatic carboxylic acids is 1. The van der Waals surface area contributed by atoms with Gasteiger partial charge in [-0.1, -0.05) is 30.3 Å². The van der Waals surface area contributed by atoms with E-state index in [-0.39, 0.29) is 5.82 Å². The van der Waals surface area contributed by atoms with Gasteiger partial charge in [0, 0.05) is 5.69 Å². The van der Waals surface area contributed by atoms with E-state index >= 15 is 0 Å². The maximum Gasteiger partial charge on any atom is 0.326 e. The van der Waals surface area contributed by atoms with Crippen molar-refractivity contribution in [1.82, 2.24) is 0 Å². The summed E-state index contributed by atoms with van der Waals surface area (Å²) in [5.41, 5.74) is 1.70. The number of carbonyl (C=O) groups is 1. The molecular weight excluding hydrogens is 257 g/mol. The molecule has 0 radical (unpaired) electrons. The normalized spacial score (nSPS) is 11.8. The smallest absolute Gasteiger partial charge is 0.326 e. The van der Waals surface area contributed by atoms with Crippen molar-refractivity contribution in [1.29, 1.82) is 0 Å². The molecule has 0 fully saturated rings. The maximum atomic E-state index is 12.8. The van der Waals surface area contributed by atoms with Crippen molar-refractivity contribution in [2.75, 3.05) is 5.32 Å². The third-order valence-corrected chi connectivity index (χ3v) is 3.05. The average Bonchev–Trinajstić information content (AvgIpc) is 2.46. The Morgan fingerprint density at radius 3 is 2.35 bits per heavy atom. The third kappa shape index (κ3) is 4.09. The molecule has 20 heavy (non-hydrogen) atoms. The highest BCUT2D eigenvalue weighted by Gasteiger charge is 2.16. The minimum atomic E-state index is -0.912. The lowest BCUT2D eigenvalue weighted by Gasteiger charge is -2.15. The van der Waals surface area contributed by atoms with Gasteiger partial charge in [-0.25, -0.2) is 9.18 Å². The van der Waals surface area contributed by atoms with Crippen LogP contribution in [0, 0.1) is 5.82 Å². The number of rotatable bonds is 6. The van der Waals surface area contributed by atoms with E-state index in [1.807, 2.05) is 30.3 Å². The summed E-state index contributed by atoms with van der Waals surface area (Å²) in [7, 11) is 0. The Hall–Kier alpha value is -2.36. The van der Waals surface area contributed by atoms with Gasteiger partial charge in [0.2, 0.25) is 0 Å². The van der Waals surface area contributed by atoms with Gasteiger partial charge in [-0.15, -0.1) is 0 Å². The number of anilines is 1. The van der Waals surface area contributed by atoms with Crippen LogP contribution in [0.25, 0.3) is 0 Å². The average molecular weight is 273 g/mol. The van der Waals surface area contributed by atoms with Crippen LogP contribution in [-0.4, -0.2) is 17.1 Å². The first kappa shape index (κ1) is 14.1. The number of carboxylic acid groups (broad SMARTS) is 1. The molecule has 0 saturated heterocycles. The molecule has 0 aliphatic heterocycles. The topological polar surface area (TPSA) is 49.3 Å². The fourth-order valence-electron chi connectivity index (χ4n) is 1.96. The molecule has 2 aromatic rings. The zero-order chi connectivity index (χ0) is 14.4. The van der Waals surface area contributed by atoms with E-state index < -0.39 is 12.0 Å². The third-order valence-electron chi connectivity index (χ3n) is 3.05. The van der Waals surface area contributed by atoms with Crippen LogP contribution in [0.1, 0.15) is 12.0 Å². The number of hydrogen-bond donors (Lipinski definition) is 2. The second kappa shape index (κ2) is 6.70. The number of nitrogens with one attached hydrogen (secondary N) is 1. The van der Waals surface area contributed by atoms with Crippen LogP contribution in [0.5, 0.6) is 0 Å². The lowest BCUT2D eigenvalue weighted by molar-refractivity contribution is -0.138. The van der Waals surface area contributed by atoms with E-state index in [9.17, 15) is 14.3 Å². The first-order chi connectivity index (χ1) is 9.65. The van der Waals surface area contributed by atoms with Gasteiger partial charge in [-0.3, -0.25) is 0 Å². The molecule has 0 aliphatic rings. The molecule has 2 rings (SSSR count). The molecule has 2 N–H and O–H groups in total. The van der Waals surface area contributed by atoms with Gasteiger partial charge in [-0.2, -0.15) is 0 Å². The van der Waals surface area contributed by atoms with Crippen LogP contribution in [0.3, 0.4) is 0 Å². The summed E-state index contributed by atoms with van der Waals surface area (Å²) in [5, 5.41) is 12.1. The van der Waals surface area contributed by atoms with Gasteiger partial charge in [0.05, 0.1) is 0 Å². The van der Waals surface area contributed by atoms with Gasteiger partial charge in [0.1, 0.15) is 11.9 Å². The van der Waals surface area contributed by atoms with Crippen molar-refractivity contribution in [3.8, 4) is 0 Å². The number of benzene rings is 2. The van der Waals surface area contributed by atoms with Crippen molar-refractivity contribution in [3.63, 3.8) is 0 Å². The fourth-order valence-corrected chi connectivity index (χ4v) is 1.96. The van der Waals surface area contributed by atoms with E-state index in [4.69, 9.17) is 0 Å². The van der Waals surface area contributed by atoms with E-state index in [1.54, 1.807) is 0 Å². The molecule has 104 valence electrons. The van der Waals surface area contributed by atoms with Crippen molar-refractivity contribution in [3.05, 3.63) is 66.0 Å². The summed E-state index contributed by atoms with van der Waals surface area (Å²) in [5.74, 6) is -1.25. The van der Waals surface area contributed by atoms with Crippen LogP contribution in [0.15, 0.2) is 54.6 Å². The summed E-state index contributed by atoms with van der Waals surface area (Å²) in [6.45, 7) is 0. The Morgan fingerprint density at radius 2 is 1.75 bits per heavy atom. The first-order valence-corrected chi connectivity index (χ1v) is 6.44. The van der Waals surface area contributed by atoms with Gasteiger partial charge in [0.15, 0.2) is 0 Å². The maximum absolute atomic E-state index is 12.8. The Bertz CT molecular complexity index is 554. The number of halogens is 1. The van der Waals surface area contributed by atoms with Crippen LogP contribution in [0.2, 0.25) is 0 Å². The highest BCUT2D eigenvalue weighted by molar-refractivity contribution is 5.77. The van der Waals surface area contributed by atoms with E-state index in [1.165, 1.54) is 24.3 Å². The zero-order valence-electron chi connectivity index (χ0n) is 10.9. The zero-order valence-corrected chi connectivity index (χ0v) is 10.9. The summed E-state index contributed by atoms with van der Waals surface area (Å²) < 4.78 is 12.8. The highest BCUT2D eigenvalue weighted by Crippen LogP contribution is 2.13. The largest absolute Gasteiger partial charge is 0.480 e. The molecule has 0 aromatic heterocycles. The first-order valence-electron chi connectivity index (χ1n) is 6.44. The Kier molecular flexibility index (Phi) is 4.71. The Balaban J connectivity index is 1.97. The van der Waals surface area contributed by atoms with Gasteiger partial charge < -0.3 is 10.4 Å². The second-order valence-corrected chi connectivity index (χ2v) is 4.57. The molecule has 0 spiro atoms. The summed E-state index contributed by atoms with van der Waals surface area (Å²) >= 11 is 0. The van der Waals surface area contributed by atoms with Crippen molar-refractivity contribution in [2.24, 2.45) is 0 Å². The van der Waals surface area contributed by atoms with Crippen LogP contribution in [-0.2, 0) is 11.2 Å². The SMILES string of the molecule is O=C(O)C(CCc1ccccc1)Nc1ccc(F)cc1. The molecule has 0 bridgehead atoms. The quantitative estimate of drug-likeness (QED) is 0.848. The predicted molar refractivity (Wildman–Crippen MR) is 76.2 cm³/mol. The molecule has 1 unspecified atom stereocenters. The number of aryl methyl sites for hydroxylation is 1. The van der Waals surface area contributed by atoms with Gasteiger partial charge >= 0.3 is 5.97 Å². The minimum Gasteiger partial charge on any atom is -0.480 e. The van der Waals surface area contributed by atoms with E-state index in [0.29, 0.717) is 18.5 Å². The monoisotopic (exact) mass is 273 g/mol. The molecule has 1 atom stereocenters. The van der Waals surface area contributed by atoms with Crippen LogP contribution in [0.4, 0.5) is 10.1 Å². The molecular formula is C16H16FNO2. The predicted octanol–water partition coefficient (Wildman–Crippen LogP) is 3.32. The highest BCUT2D eigenvalue weighted by atomic mass is 19.1. The minimum absolute atomic E-state index is 0.341. The number of hydrogen-bond acceptors (Lipinski definition) is 2.